The van der Waals surface area contributed by atoms with Gasteiger partial charge in [0.25, 0.3) is 5.91 Å². The first-order valence-electron chi connectivity index (χ1n) is 7.80. The average molecular weight is 331 g/mol. The quantitative estimate of drug-likeness (QED) is 0.575. The Balaban J connectivity index is 1.57. The van der Waals surface area contributed by atoms with Crippen LogP contribution in [0.1, 0.15) is 10.4 Å². The molecule has 4 rings (SSSR count). The number of nitrogens with zero attached hydrogens (tertiary/aromatic N) is 1. The number of pyridine rings is 1. The van der Waals surface area contributed by atoms with Crippen LogP contribution >= 0.6 is 0 Å². The normalized spacial score (nSPS) is 10.8. The zero-order chi connectivity index (χ0) is 17.2. The largest absolute Gasteiger partial charge is 0.346 e. The molecule has 0 saturated carbocycles. The summed E-state index contributed by atoms with van der Waals surface area (Å²) in [5.74, 6) is -0.640. The van der Waals surface area contributed by atoms with Gasteiger partial charge in [0.05, 0.1) is 0 Å². The van der Waals surface area contributed by atoms with Gasteiger partial charge in [-0.05, 0) is 59.7 Å². The van der Waals surface area contributed by atoms with Gasteiger partial charge >= 0.3 is 0 Å². The topological polar surface area (TPSA) is 57.8 Å². The minimum Gasteiger partial charge on any atom is -0.346 e. The first-order valence-corrected chi connectivity index (χ1v) is 7.80. The Morgan fingerprint density at radius 1 is 0.960 bits per heavy atom. The summed E-state index contributed by atoms with van der Waals surface area (Å²) in [5.41, 5.74) is 4.03. The molecule has 0 bridgehead atoms. The van der Waals surface area contributed by atoms with Crippen LogP contribution in [0.5, 0.6) is 0 Å². The smallest absolute Gasteiger partial charge is 0.255 e. The Hall–Kier alpha value is -3.47. The van der Waals surface area contributed by atoms with Gasteiger partial charge < -0.3 is 10.3 Å². The third kappa shape index (κ3) is 2.99. The molecule has 122 valence electrons. The lowest BCUT2D eigenvalue weighted by atomic mass is 10.0. The molecule has 0 aliphatic rings. The highest BCUT2D eigenvalue weighted by Crippen LogP contribution is 2.27. The molecule has 2 heterocycles. The summed E-state index contributed by atoms with van der Waals surface area (Å²) in [6.45, 7) is 0. The third-order valence-electron chi connectivity index (χ3n) is 4.02. The maximum Gasteiger partial charge on any atom is 0.255 e. The Kier molecular flexibility index (Phi) is 3.74. The van der Waals surface area contributed by atoms with Crippen LogP contribution in [0.2, 0.25) is 0 Å². The number of amides is 1. The first-order chi connectivity index (χ1) is 12.2. The van der Waals surface area contributed by atoms with Gasteiger partial charge in [0.15, 0.2) is 0 Å². The van der Waals surface area contributed by atoms with E-state index in [9.17, 15) is 9.18 Å². The molecule has 2 aromatic heterocycles. The van der Waals surface area contributed by atoms with Gasteiger partial charge in [-0.1, -0.05) is 12.1 Å². The molecule has 0 fully saturated rings. The van der Waals surface area contributed by atoms with E-state index < -0.39 is 0 Å². The van der Waals surface area contributed by atoms with Crippen molar-refractivity contribution in [1.82, 2.24) is 9.97 Å². The summed E-state index contributed by atoms with van der Waals surface area (Å²) in [5, 5.41) is 3.86. The summed E-state index contributed by atoms with van der Waals surface area (Å²) < 4.78 is 12.9. The Labute approximate surface area is 143 Å². The zero-order valence-electron chi connectivity index (χ0n) is 13.2. The van der Waals surface area contributed by atoms with Gasteiger partial charge in [-0.25, -0.2) is 9.37 Å². The lowest BCUT2D eigenvalue weighted by Crippen LogP contribution is -2.11. The lowest BCUT2D eigenvalue weighted by molar-refractivity contribution is 0.102. The fourth-order valence-electron chi connectivity index (χ4n) is 2.75. The molecule has 5 heteroatoms. The fourth-order valence-corrected chi connectivity index (χ4v) is 2.75. The number of aromatic nitrogens is 2. The summed E-state index contributed by atoms with van der Waals surface area (Å²) >= 11 is 0. The molecule has 0 spiro atoms. The van der Waals surface area contributed by atoms with E-state index in [1.165, 1.54) is 24.3 Å². The van der Waals surface area contributed by atoms with E-state index in [-0.39, 0.29) is 11.7 Å². The van der Waals surface area contributed by atoms with Crippen LogP contribution in [0.15, 0.2) is 73.1 Å². The van der Waals surface area contributed by atoms with Crippen molar-refractivity contribution in [1.29, 1.82) is 0 Å². The van der Waals surface area contributed by atoms with Crippen molar-refractivity contribution in [3.8, 4) is 11.1 Å². The maximum atomic E-state index is 12.9. The number of carbonyl (C=O) groups excluding carboxylic acids is 1. The minimum atomic E-state index is -0.366. The molecule has 0 aliphatic carbocycles. The van der Waals surface area contributed by atoms with E-state index in [4.69, 9.17) is 0 Å². The third-order valence-corrected chi connectivity index (χ3v) is 4.02. The highest BCUT2D eigenvalue weighted by molar-refractivity contribution is 6.04. The van der Waals surface area contributed by atoms with E-state index in [0.717, 1.165) is 22.2 Å². The van der Waals surface area contributed by atoms with Crippen molar-refractivity contribution < 1.29 is 9.18 Å². The van der Waals surface area contributed by atoms with Crippen LogP contribution in [0.3, 0.4) is 0 Å². The van der Waals surface area contributed by atoms with Crippen molar-refractivity contribution >= 4 is 22.6 Å². The fraction of sp³-hybridized carbons (Fsp3) is 0. The van der Waals surface area contributed by atoms with Crippen LogP contribution in [-0.2, 0) is 0 Å². The van der Waals surface area contributed by atoms with Gasteiger partial charge in [-0.2, -0.15) is 0 Å². The second kappa shape index (κ2) is 6.20. The number of anilines is 1. The van der Waals surface area contributed by atoms with E-state index >= 15 is 0 Å². The van der Waals surface area contributed by atoms with Crippen molar-refractivity contribution in [3.05, 3.63) is 84.4 Å². The average Bonchev–Trinajstić information content (AvgIpc) is 3.12. The van der Waals surface area contributed by atoms with Gasteiger partial charge in [0.2, 0.25) is 0 Å². The first kappa shape index (κ1) is 15.1. The molecule has 2 aromatic carbocycles. The van der Waals surface area contributed by atoms with Crippen molar-refractivity contribution in [2.75, 3.05) is 5.32 Å². The molecule has 2 N–H and O–H groups in total. The number of nitrogens with one attached hydrogen (secondary N) is 2. The Morgan fingerprint density at radius 2 is 1.72 bits per heavy atom. The molecular formula is C20H14FN3O. The number of hydrogen-bond donors (Lipinski definition) is 2. The Morgan fingerprint density at radius 3 is 2.48 bits per heavy atom. The van der Waals surface area contributed by atoms with Gasteiger partial charge in [0, 0.05) is 29.0 Å². The zero-order valence-corrected chi connectivity index (χ0v) is 13.2. The van der Waals surface area contributed by atoms with Crippen molar-refractivity contribution in [2.24, 2.45) is 0 Å². The highest BCUT2D eigenvalue weighted by Gasteiger charge is 2.08. The van der Waals surface area contributed by atoms with Crippen molar-refractivity contribution in [3.63, 3.8) is 0 Å². The number of hydrogen-bond acceptors (Lipinski definition) is 2. The maximum absolute atomic E-state index is 12.9. The number of aromatic amines is 1. The molecule has 0 unspecified atom stereocenters. The standard InChI is InChI=1S/C20H14FN3O/c21-15-5-1-14(2-6-15)20(25)24-16-7-3-13(4-8-16)17-9-11-22-19-18(17)10-12-23-19/h1-12H,(H,22,23)(H,24,25). The van der Waals surface area contributed by atoms with E-state index in [2.05, 4.69) is 15.3 Å². The Bertz CT molecular complexity index is 1040. The lowest BCUT2D eigenvalue weighted by Gasteiger charge is -2.08. The summed E-state index contributed by atoms with van der Waals surface area (Å²) in [6, 6.07) is 17.0. The van der Waals surface area contributed by atoms with Crippen LogP contribution in [0, 0.1) is 5.82 Å². The van der Waals surface area contributed by atoms with Crippen LogP contribution < -0.4 is 5.32 Å². The minimum absolute atomic E-state index is 0.273. The molecule has 0 aliphatic heterocycles. The van der Waals surface area contributed by atoms with Crippen LogP contribution in [0.25, 0.3) is 22.2 Å². The van der Waals surface area contributed by atoms with Gasteiger partial charge in [-0.3, -0.25) is 4.79 Å². The molecule has 0 saturated heterocycles. The van der Waals surface area contributed by atoms with E-state index in [0.29, 0.717) is 11.3 Å². The number of benzene rings is 2. The second-order valence-electron chi connectivity index (χ2n) is 5.64. The predicted octanol–water partition coefficient (Wildman–Crippen LogP) is 4.62. The van der Waals surface area contributed by atoms with Gasteiger partial charge in [0.1, 0.15) is 11.5 Å². The summed E-state index contributed by atoms with van der Waals surface area (Å²) in [4.78, 5) is 19.6. The number of fused-ring (bicyclic) bond motifs is 1. The monoisotopic (exact) mass is 331 g/mol. The molecule has 1 amide bonds. The van der Waals surface area contributed by atoms with Crippen LogP contribution in [0.4, 0.5) is 10.1 Å². The van der Waals surface area contributed by atoms with E-state index in [1.54, 1.807) is 6.20 Å². The van der Waals surface area contributed by atoms with E-state index in [1.807, 2.05) is 42.6 Å². The number of H-pyrrole nitrogens is 1. The van der Waals surface area contributed by atoms with Gasteiger partial charge in [-0.15, -0.1) is 0 Å². The summed E-state index contributed by atoms with van der Waals surface area (Å²) in [7, 11) is 0. The number of carbonyl (C=O) groups is 1. The molecule has 25 heavy (non-hydrogen) atoms. The molecule has 0 radical (unpaired) electrons. The van der Waals surface area contributed by atoms with Crippen molar-refractivity contribution in [2.45, 2.75) is 0 Å². The number of halogens is 1. The predicted molar refractivity (Wildman–Crippen MR) is 95.9 cm³/mol. The molecular weight excluding hydrogens is 317 g/mol. The van der Waals surface area contributed by atoms with Crippen LogP contribution in [-0.4, -0.2) is 15.9 Å². The molecule has 0 atom stereocenters. The number of rotatable bonds is 3. The SMILES string of the molecule is O=C(Nc1ccc(-c2ccnc3[nH]ccc23)cc1)c1ccc(F)cc1. The molecule has 4 aromatic rings. The highest BCUT2D eigenvalue weighted by atomic mass is 19.1. The summed E-state index contributed by atoms with van der Waals surface area (Å²) in [6.07, 6.45) is 3.62. The molecule has 4 nitrogen and oxygen atoms in total. The second-order valence-corrected chi connectivity index (χ2v) is 5.64.